The standard InChI is InChI=1S/C15H18N2O2/c1-15(8-3-2-4-9-15)14-16-13(17-19-14)11-6-5-7-12(18)10-11/h5-7,10,18H,2-4,8-9H2,1H3. The quantitative estimate of drug-likeness (QED) is 0.893. The Hall–Kier alpha value is -1.84. The van der Waals surface area contributed by atoms with Gasteiger partial charge in [-0.2, -0.15) is 4.98 Å². The van der Waals surface area contributed by atoms with Crippen LogP contribution >= 0.6 is 0 Å². The maximum atomic E-state index is 9.49. The monoisotopic (exact) mass is 258 g/mol. The van der Waals surface area contributed by atoms with Gasteiger partial charge in [0.2, 0.25) is 11.7 Å². The van der Waals surface area contributed by atoms with Crippen LogP contribution in [0.1, 0.15) is 44.9 Å². The molecule has 0 atom stereocenters. The summed E-state index contributed by atoms with van der Waals surface area (Å²) in [6.45, 7) is 2.20. The van der Waals surface area contributed by atoms with Gasteiger partial charge in [-0.3, -0.25) is 0 Å². The van der Waals surface area contributed by atoms with Crippen LogP contribution in [0.15, 0.2) is 28.8 Å². The Bertz CT molecular complexity index is 571. The first kappa shape index (κ1) is 12.2. The first-order valence-corrected chi connectivity index (χ1v) is 6.81. The Labute approximate surface area is 112 Å². The molecule has 0 unspecified atom stereocenters. The summed E-state index contributed by atoms with van der Waals surface area (Å²) in [6.07, 6.45) is 5.95. The van der Waals surface area contributed by atoms with Crippen LogP contribution in [0.3, 0.4) is 0 Å². The van der Waals surface area contributed by atoms with Gasteiger partial charge in [-0.1, -0.05) is 43.5 Å². The lowest BCUT2D eigenvalue weighted by atomic mass is 9.75. The Morgan fingerprint density at radius 3 is 2.74 bits per heavy atom. The van der Waals surface area contributed by atoms with Crippen molar-refractivity contribution in [1.29, 1.82) is 0 Å². The molecule has 100 valence electrons. The first-order valence-electron chi connectivity index (χ1n) is 6.81. The molecule has 0 radical (unpaired) electrons. The fourth-order valence-electron chi connectivity index (χ4n) is 2.78. The predicted molar refractivity (Wildman–Crippen MR) is 71.8 cm³/mol. The van der Waals surface area contributed by atoms with Gasteiger partial charge in [-0.25, -0.2) is 0 Å². The zero-order valence-corrected chi connectivity index (χ0v) is 11.1. The molecule has 2 aromatic rings. The van der Waals surface area contributed by atoms with Crippen molar-refractivity contribution in [2.24, 2.45) is 0 Å². The molecule has 1 aromatic carbocycles. The van der Waals surface area contributed by atoms with E-state index >= 15 is 0 Å². The highest BCUT2D eigenvalue weighted by atomic mass is 16.5. The summed E-state index contributed by atoms with van der Waals surface area (Å²) < 4.78 is 5.46. The third-order valence-corrected chi connectivity index (χ3v) is 4.00. The van der Waals surface area contributed by atoms with Gasteiger partial charge in [0, 0.05) is 11.0 Å². The van der Waals surface area contributed by atoms with Crippen molar-refractivity contribution in [3.05, 3.63) is 30.2 Å². The Morgan fingerprint density at radius 2 is 2.00 bits per heavy atom. The van der Waals surface area contributed by atoms with Crippen LogP contribution < -0.4 is 0 Å². The topological polar surface area (TPSA) is 59.2 Å². The molecule has 1 aliphatic carbocycles. The van der Waals surface area contributed by atoms with E-state index in [1.807, 2.05) is 6.07 Å². The van der Waals surface area contributed by atoms with Crippen LogP contribution in [0.25, 0.3) is 11.4 Å². The summed E-state index contributed by atoms with van der Waals surface area (Å²) in [5, 5.41) is 13.5. The number of nitrogens with zero attached hydrogens (tertiary/aromatic N) is 2. The lowest BCUT2D eigenvalue weighted by molar-refractivity contribution is 0.232. The molecule has 0 spiro atoms. The highest BCUT2D eigenvalue weighted by Crippen LogP contribution is 2.38. The normalized spacial score (nSPS) is 18.4. The minimum Gasteiger partial charge on any atom is -0.508 e. The van der Waals surface area contributed by atoms with Gasteiger partial charge in [0.05, 0.1) is 0 Å². The molecular weight excluding hydrogens is 240 g/mol. The SMILES string of the molecule is CC1(c2nc(-c3cccc(O)c3)no2)CCCCC1. The van der Waals surface area contributed by atoms with Crippen molar-refractivity contribution < 1.29 is 9.63 Å². The number of benzene rings is 1. The number of aromatic hydroxyl groups is 1. The van der Waals surface area contributed by atoms with Gasteiger partial charge in [0.15, 0.2) is 0 Å². The smallest absolute Gasteiger partial charge is 0.232 e. The molecule has 4 heteroatoms. The van der Waals surface area contributed by atoms with Crippen LogP contribution in [-0.4, -0.2) is 15.2 Å². The van der Waals surface area contributed by atoms with Crippen molar-refractivity contribution in [2.45, 2.75) is 44.4 Å². The third-order valence-electron chi connectivity index (χ3n) is 4.00. The van der Waals surface area contributed by atoms with E-state index in [1.54, 1.807) is 18.2 Å². The second-order valence-corrected chi connectivity index (χ2v) is 5.59. The fourth-order valence-corrected chi connectivity index (χ4v) is 2.78. The van der Waals surface area contributed by atoms with Crippen LogP contribution in [-0.2, 0) is 5.41 Å². The van der Waals surface area contributed by atoms with E-state index in [0.717, 1.165) is 24.3 Å². The van der Waals surface area contributed by atoms with Crippen molar-refractivity contribution in [3.8, 4) is 17.1 Å². The first-order chi connectivity index (χ1) is 9.17. The van der Waals surface area contributed by atoms with Crippen LogP contribution in [0.5, 0.6) is 5.75 Å². The fraction of sp³-hybridized carbons (Fsp3) is 0.467. The number of phenols is 1. The Kier molecular flexibility index (Phi) is 3.01. The van der Waals surface area contributed by atoms with E-state index in [4.69, 9.17) is 4.52 Å². The third kappa shape index (κ3) is 2.35. The summed E-state index contributed by atoms with van der Waals surface area (Å²) in [4.78, 5) is 4.53. The zero-order valence-electron chi connectivity index (χ0n) is 11.1. The molecule has 1 fully saturated rings. The maximum absolute atomic E-state index is 9.49. The average molecular weight is 258 g/mol. The molecule has 1 heterocycles. The van der Waals surface area contributed by atoms with Gasteiger partial charge >= 0.3 is 0 Å². The van der Waals surface area contributed by atoms with E-state index in [-0.39, 0.29) is 11.2 Å². The minimum absolute atomic E-state index is 0.0142. The molecule has 0 saturated heterocycles. The van der Waals surface area contributed by atoms with E-state index in [0.29, 0.717) is 5.82 Å². The van der Waals surface area contributed by atoms with E-state index < -0.39 is 0 Å². The second kappa shape index (κ2) is 4.68. The van der Waals surface area contributed by atoms with E-state index in [2.05, 4.69) is 17.1 Å². The molecule has 19 heavy (non-hydrogen) atoms. The van der Waals surface area contributed by atoms with Gasteiger partial charge in [0.1, 0.15) is 5.75 Å². The number of aromatic nitrogens is 2. The van der Waals surface area contributed by atoms with Gasteiger partial charge < -0.3 is 9.63 Å². The van der Waals surface area contributed by atoms with Crippen molar-refractivity contribution in [1.82, 2.24) is 10.1 Å². The largest absolute Gasteiger partial charge is 0.508 e. The van der Waals surface area contributed by atoms with Crippen molar-refractivity contribution in [2.75, 3.05) is 0 Å². The molecule has 0 aliphatic heterocycles. The molecular formula is C15H18N2O2. The number of phenolic OH excluding ortho intramolecular Hbond substituents is 1. The Balaban J connectivity index is 1.91. The molecule has 1 aliphatic rings. The van der Waals surface area contributed by atoms with E-state index in [9.17, 15) is 5.11 Å². The zero-order chi connectivity index (χ0) is 13.3. The lowest BCUT2D eigenvalue weighted by Gasteiger charge is -2.29. The summed E-state index contributed by atoms with van der Waals surface area (Å²) in [7, 11) is 0. The summed E-state index contributed by atoms with van der Waals surface area (Å²) >= 11 is 0. The second-order valence-electron chi connectivity index (χ2n) is 5.59. The maximum Gasteiger partial charge on any atom is 0.232 e. The molecule has 4 nitrogen and oxygen atoms in total. The summed E-state index contributed by atoms with van der Waals surface area (Å²) in [5.74, 6) is 1.50. The highest BCUT2D eigenvalue weighted by Gasteiger charge is 2.34. The van der Waals surface area contributed by atoms with Gasteiger partial charge in [-0.05, 0) is 25.0 Å². The van der Waals surface area contributed by atoms with Crippen molar-refractivity contribution >= 4 is 0 Å². The van der Waals surface area contributed by atoms with Gasteiger partial charge in [-0.15, -0.1) is 0 Å². The van der Waals surface area contributed by atoms with Crippen LogP contribution in [0.2, 0.25) is 0 Å². The van der Waals surface area contributed by atoms with Gasteiger partial charge in [0.25, 0.3) is 0 Å². The average Bonchev–Trinajstić information content (AvgIpc) is 2.90. The summed E-state index contributed by atoms with van der Waals surface area (Å²) in [6, 6.07) is 6.94. The van der Waals surface area contributed by atoms with E-state index in [1.165, 1.54) is 19.3 Å². The molecule has 1 N–H and O–H groups in total. The molecule has 0 amide bonds. The molecule has 1 saturated carbocycles. The van der Waals surface area contributed by atoms with Crippen LogP contribution in [0.4, 0.5) is 0 Å². The number of hydrogen-bond donors (Lipinski definition) is 1. The number of rotatable bonds is 2. The minimum atomic E-state index is 0.0142. The lowest BCUT2D eigenvalue weighted by Crippen LogP contribution is -2.25. The van der Waals surface area contributed by atoms with Crippen LogP contribution in [0, 0.1) is 0 Å². The Morgan fingerprint density at radius 1 is 1.21 bits per heavy atom. The molecule has 1 aromatic heterocycles. The summed E-state index contributed by atoms with van der Waals surface area (Å²) in [5.41, 5.74) is 0.801. The highest BCUT2D eigenvalue weighted by molar-refractivity contribution is 5.56. The number of hydrogen-bond acceptors (Lipinski definition) is 4. The molecule has 3 rings (SSSR count). The predicted octanol–water partition coefficient (Wildman–Crippen LogP) is 3.66. The molecule has 0 bridgehead atoms. The van der Waals surface area contributed by atoms with Crippen molar-refractivity contribution in [3.63, 3.8) is 0 Å².